The average molecular weight is 720 g/mol. The van der Waals surface area contributed by atoms with Crippen LogP contribution in [0.5, 0.6) is 0 Å². The highest BCUT2D eigenvalue weighted by Crippen LogP contribution is 2.29. The summed E-state index contributed by atoms with van der Waals surface area (Å²) >= 11 is 0. The summed E-state index contributed by atoms with van der Waals surface area (Å²) in [7, 11) is -12.3. The molecule has 0 amide bonds. The predicted molar refractivity (Wildman–Crippen MR) is 192 cm³/mol. The summed E-state index contributed by atoms with van der Waals surface area (Å²) < 4.78 is 86.8. The maximum Gasteiger partial charge on any atom is 0.245 e. The van der Waals surface area contributed by atoms with E-state index in [1.165, 1.54) is 40.7 Å². The van der Waals surface area contributed by atoms with E-state index in [1.807, 2.05) is 41.5 Å². The van der Waals surface area contributed by atoms with Crippen LogP contribution >= 0.6 is 0 Å². The summed E-state index contributed by atoms with van der Waals surface area (Å²) in [5.41, 5.74) is 1.92. The van der Waals surface area contributed by atoms with Crippen molar-refractivity contribution in [1.82, 2.24) is 12.9 Å². The minimum Gasteiger partial charge on any atom is -0.207 e. The highest BCUT2D eigenvalue weighted by molar-refractivity contribution is 7.89. The van der Waals surface area contributed by atoms with Crippen LogP contribution in [0.2, 0.25) is 0 Å². The van der Waals surface area contributed by atoms with Crippen LogP contribution in [0.15, 0.2) is 87.5 Å². The Morgan fingerprint density at radius 1 is 0.490 bits per heavy atom. The summed E-state index contributed by atoms with van der Waals surface area (Å²) in [6.45, 7) is 9.67. The van der Waals surface area contributed by atoms with Crippen LogP contribution in [0.3, 0.4) is 0 Å². The van der Waals surface area contributed by atoms with E-state index in [1.54, 1.807) is 36.4 Å². The van der Waals surface area contributed by atoms with Crippen molar-refractivity contribution in [3.8, 4) is 35.5 Å². The topological polar surface area (TPSA) is 112 Å². The van der Waals surface area contributed by atoms with Crippen LogP contribution in [-0.4, -0.2) is 76.9 Å². The van der Waals surface area contributed by atoms with E-state index in [2.05, 4.69) is 35.5 Å². The van der Waals surface area contributed by atoms with E-state index in [0.29, 0.717) is 0 Å². The summed E-state index contributed by atoms with van der Waals surface area (Å²) in [6.07, 6.45) is 0. The summed E-state index contributed by atoms with van der Waals surface area (Å²) in [5, 5.41) is 0. The zero-order valence-corrected chi connectivity index (χ0v) is 31.0. The molecular formula is C37H41N3O6S3. The Morgan fingerprint density at radius 2 is 0.796 bits per heavy atom. The van der Waals surface area contributed by atoms with Gasteiger partial charge in [-0.25, -0.2) is 25.3 Å². The summed E-state index contributed by atoms with van der Waals surface area (Å²) in [5.74, 6) is 17.4. The van der Waals surface area contributed by atoms with Crippen LogP contribution in [-0.2, 0) is 30.1 Å². The fourth-order valence-corrected chi connectivity index (χ4v) is 8.97. The molecule has 1 unspecified atom stereocenters. The number of hydrogen-bond donors (Lipinski definition) is 0. The lowest BCUT2D eigenvalue weighted by atomic mass is 9.87. The van der Waals surface area contributed by atoms with Crippen LogP contribution in [0, 0.1) is 61.7 Å². The number of rotatable bonds is 6. The standard InChI is InChI=1S/C37H41N3O6S3/c1-30-13-19-33(20-14-30)47(41,42)38-25-7-8-26-39(48(43,44)34-21-15-31(2)16-22-34)28-11-12-36(37(4,5)6)40(29-10-9-27-38)49(45,46)35-23-17-32(3)18-24-35/h13-24,36H,25-29H2,1-6H3. The second-order valence-electron chi connectivity index (χ2n) is 12.8. The molecule has 258 valence electrons. The minimum absolute atomic E-state index is 0.0486. The highest BCUT2D eigenvalue weighted by atomic mass is 32.2. The van der Waals surface area contributed by atoms with E-state index >= 15 is 0 Å². The first-order valence-electron chi connectivity index (χ1n) is 15.6. The number of benzene rings is 3. The molecule has 1 aliphatic rings. The molecule has 1 heterocycles. The molecule has 4 rings (SSSR count). The van der Waals surface area contributed by atoms with Gasteiger partial charge in [-0.15, -0.1) is 0 Å². The Morgan fingerprint density at radius 3 is 1.14 bits per heavy atom. The van der Waals surface area contributed by atoms with E-state index in [9.17, 15) is 25.3 Å². The van der Waals surface area contributed by atoms with Crippen molar-refractivity contribution in [2.24, 2.45) is 5.41 Å². The van der Waals surface area contributed by atoms with Gasteiger partial charge in [-0.2, -0.15) is 12.9 Å². The molecular weight excluding hydrogens is 679 g/mol. The predicted octanol–water partition coefficient (Wildman–Crippen LogP) is 4.42. The first-order valence-corrected chi connectivity index (χ1v) is 19.9. The molecule has 0 saturated carbocycles. The fourth-order valence-electron chi connectivity index (χ4n) is 4.85. The van der Waals surface area contributed by atoms with Crippen molar-refractivity contribution in [2.75, 3.05) is 32.7 Å². The zero-order valence-electron chi connectivity index (χ0n) is 28.6. The van der Waals surface area contributed by atoms with Gasteiger partial charge in [-0.3, -0.25) is 0 Å². The Bertz CT molecular complexity index is 2170. The number of aryl methyl sites for hydroxylation is 3. The first-order chi connectivity index (χ1) is 22.9. The lowest BCUT2D eigenvalue weighted by Gasteiger charge is -2.35. The Hall–Kier alpha value is -3.93. The number of nitrogens with zero attached hydrogens (tertiary/aromatic N) is 3. The fraction of sp³-hybridized carbons (Fsp3) is 0.351. The Labute approximate surface area is 292 Å². The SMILES string of the molecule is Cc1ccc(S(=O)(=O)N2CC#CCN(S(=O)(=O)c3ccc(C)cc3)CC#CC(C(C)(C)C)N(S(=O)(=O)c3ccc(C)cc3)CC#CC2)cc1. The molecule has 0 saturated heterocycles. The van der Waals surface area contributed by atoms with Gasteiger partial charge in [0.2, 0.25) is 30.1 Å². The van der Waals surface area contributed by atoms with Gasteiger partial charge in [-0.1, -0.05) is 109 Å². The normalized spacial score (nSPS) is 17.6. The Kier molecular flexibility index (Phi) is 11.8. The van der Waals surface area contributed by atoms with Gasteiger partial charge in [0.05, 0.1) is 53.5 Å². The lowest BCUT2D eigenvalue weighted by molar-refractivity contribution is 0.239. The van der Waals surface area contributed by atoms with Crippen molar-refractivity contribution >= 4 is 30.1 Å². The van der Waals surface area contributed by atoms with Gasteiger partial charge >= 0.3 is 0 Å². The third kappa shape index (κ3) is 9.20. The first kappa shape index (κ1) is 37.9. The van der Waals surface area contributed by atoms with Crippen LogP contribution in [0.4, 0.5) is 0 Å². The number of hydrogen-bond acceptors (Lipinski definition) is 6. The molecule has 12 heteroatoms. The Balaban J connectivity index is 1.86. The van der Waals surface area contributed by atoms with Gasteiger partial charge in [0.15, 0.2) is 0 Å². The molecule has 0 aliphatic carbocycles. The maximum atomic E-state index is 14.2. The summed E-state index contributed by atoms with van der Waals surface area (Å²) in [4.78, 5) is 0.148. The van der Waals surface area contributed by atoms with Crippen molar-refractivity contribution in [2.45, 2.75) is 62.3 Å². The molecule has 1 aliphatic heterocycles. The van der Waals surface area contributed by atoms with Gasteiger partial charge in [-0.05, 0) is 62.6 Å². The molecule has 9 nitrogen and oxygen atoms in total. The van der Waals surface area contributed by atoms with Crippen LogP contribution in [0.25, 0.3) is 0 Å². The van der Waals surface area contributed by atoms with E-state index in [4.69, 9.17) is 0 Å². The van der Waals surface area contributed by atoms with Gasteiger partial charge in [0.1, 0.15) is 0 Å². The molecule has 0 N–H and O–H groups in total. The third-order valence-electron chi connectivity index (χ3n) is 7.80. The quantitative estimate of drug-likeness (QED) is 0.349. The van der Waals surface area contributed by atoms with Crippen molar-refractivity contribution in [3.05, 3.63) is 89.5 Å². The van der Waals surface area contributed by atoms with Gasteiger partial charge in [0.25, 0.3) is 0 Å². The zero-order chi connectivity index (χ0) is 36.0. The largest absolute Gasteiger partial charge is 0.245 e. The molecule has 1 atom stereocenters. The van der Waals surface area contributed by atoms with E-state index in [0.717, 1.165) is 25.3 Å². The van der Waals surface area contributed by atoms with Crippen LogP contribution < -0.4 is 0 Å². The molecule has 3 aromatic rings. The molecule has 3 aromatic carbocycles. The van der Waals surface area contributed by atoms with Crippen LogP contribution in [0.1, 0.15) is 37.5 Å². The molecule has 0 fully saturated rings. The molecule has 0 radical (unpaired) electrons. The maximum absolute atomic E-state index is 14.2. The monoisotopic (exact) mass is 719 g/mol. The second kappa shape index (κ2) is 15.3. The minimum atomic E-state index is -4.16. The number of sulfonamides is 3. The van der Waals surface area contributed by atoms with Gasteiger partial charge in [0, 0.05) is 0 Å². The van der Waals surface area contributed by atoms with Crippen molar-refractivity contribution < 1.29 is 25.3 Å². The molecule has 0 bridgehead atoms. The van der Waals surface area contributed by atoms with E-state index in [-0.39, 0.29) is 47.4 Å². The highest BCUT2D eigenvalue weighted by Gasteiger charge is 2.37. The second-order valence-corrected chi connectivity index (χ2v) is 18.6. The van der Waals surface area contributed by atoms with E-state index < -0.39 is 41.5 Å². The molecule has 49 heavy (non-hydrogen) atoms. The summed E-state index contributed by atoms with van der Waals surface area (Å²) in [6, 6.07) is 18.3. The smallest absolute Gasteiger partial charge is 0.207 e. The van der Waals surface area contributed by atoms with Crippen molar-refractivity contribution in [1.29, 1.82) is 0 Å². The van der Waals surface area contributed by atoms with Gasteiger partial charge < -0.3 is 0 Å². The molecule has 0 aromatic heterocycles. The lowest BCUT2D eigenvalue weighted by Crippen LogP contribution is -2.47. The average Bonchev–Trinajstić information content (AvgIpc) is 3.04. The third-order valence-corrected chi connectivity index (χ3v) is 13.2. The van der Waals surface area contributed by atoms with Crippen molar-refractivity contribution in [3.63, 3.8) is 0 Å². The molecule has 0 spiro atoms.